The minimum absolute atomic E-state index is 0.0284. The van der Waals surface area contributed by atoms with Gasteiger partial charge in [-0.15, -0.1) is 0 Å². The molecule has 0 amide bonds. The second-order valence-corrected chi connectivity index (χ2v) is 4.42. The van der Waals surface area contributed by atoms with Crippen LogP contribution in [0.15, 0.2) is 24.4 Å². The number of nitrogens with zero attached hydrogens (tertiary/aromatic N) is 1. The van der Waals surface area contributed by atoms with E-state index in [-0.39, 0.29) is 5.60 Å². The summed E-state index contributed by atoms with van der Waals surface area (Å²) in [7, 11) is 1.79. The van der Waals surface area contributed by atoms with Crippen molar-refractivity contribution in [3.05, 3.63) is 30.0 Å². The van der Waals surface area contributed by atoms with E-state index in [1.165, 1.54) is 5.56 Å². The Labute approximate surface area is 94.0 Å². The molecule has 2 heterocycles. The zero-order valence-electron chi connectivity index (χ0n) is 9.29. The molecule has 1 fully saturated rings. The molecule has 1 aromatic heterocycles. The highest BCUT2D eigenvalue weighted by molar-refractivity contribution is 5.81. The first-order valence-corrected chi connectivity index (χ1v) is 5.50. The lowest BCUT2D eigenvalue weighted by Gasteiger charge is -2.41. The highest BCUT2D eigenvalue weighted by Crippen LogP contribution is 2.25. The number of ether oxygens (including phenoxy) is 1. The Kier molecular flexibility index (Phi) is 2.19. The van der Waals surface area contributed by atoms with Gasteiger partial charge in [0.15, 0.2) is 0 Å². The van der Waals surface area contributed by atoms with Gasteiger partial charge >= 0.3 is 0 Å². The zero-order valence-corrected chi connectivity index (χ0v) is 9.29. The minimum atomic E-state index is -0.0284. The molecule has 1 aliphatic heterocycles. The summed E-state index contributed by atoms with van der Waals surface area (Å²) in [6.45, 7) is 1.85. The van der Waals surface area contributed by atoms with Gasteiger partial charge in [-0.2, -0.15) is 5.10 Å². The Balaban J connectivity index is 1.96. The van der Waals surface area contributed by atoms with Gasteiger partial charge in [-0.25, -0.2) is 0 Å². The number of aromatic amines is 1. The van der Waals surface area contributed by atoms with Crippen LogP contribution >= 0.6 is 0 Å². The number of benzene rings is 1. The third-order valence-corrected chi connectivity index (χ3v) is 3.40. The molecule has 3 rings (SSSR count). The third kappa shape index (κ3) is 1.42. The maximum atomic E-state index is 5.61. The predicted octanol–water partition coefficient (Wildman–Crippen LogP) is 1.09. The molecule has 2 N–H and O–H groups in total. The molecule has 16 heavy (non-hydrogen) atoms. The van der Waals surface area contributed by atoms with Crippen LogP contribution in [0.25, 0.3) is 10.9 Å². The molecule has 0 unspecified atom stereocenters. The zero-order chi connectivity index (χ0) is 11.0. The lowest BCUT2D eigenvalue weighted by molar-refractivity contribution is -0.0500. The monoisotopic (exact) mass is 217 g/mol. The van der Waals surface area contributed by atoms with Gasteiger partial charge < -0.3 is 10.1 Å². The van der Waals surface area contributed by atoms with E-state index < -0.39 is 0 Å². The van der Waals surface area contributed by atoms with Crippen LogP contribution in [0.3, 0.4) is 0 Å². The average molecular weight is 217 g/mol. The number of fused-ring (bicyclic) bond motifs is 1. The number of H-pyrrole nitrogens is 1. The largest absolute Gasteiger partial charge is 0.375 e. The van der Waals surface area contributed by atoms with Crippen LogP contribution in [-0.4, -0.2) is 36.0 Å². The summed E-state index contributed by atoms with van der Waals surface area (Å²) in [6.07, 6.45) is 2.79. The third-order valence-electron chi connectivity index (χ3n) is 3.40. The summed E-state index contributed by atoms with van der Waals surface area (Å²) in [5, 5.41) is 11.6. The molecule has 1 aliphatic rings. The van der Waals surface area contributed by atoms with Gasteiger partial charge in [0.2, 0.25) is 0 Å². The van der Waals surface area contributed by atoms with E-state index in [2.05, 4.69) is 33.7 Å². The van der Waals surface area contributed by atoms with E-state index in [0.29, 0.717) is 0 Å². The van der Waals surface area contributed by atoms with Gasteiger partial charge in [0.25, 0.3) is 0 Å². The molecule has 4 nitrogen and oxygen atoms in total. The number of hydrogen-bond acceptors (Lipinski definition) is 3. The van der Waals surface area contributed by atoms with Gasteiger partial charge in [0.05, 0.1) is 17.3 Å². The van der Waals surface area contributed by atoms with E-state index in [4.69, 9.17) is 4.74 Å². The van der Waals surface area contributed by atoms with Gasteiger partial charge in [0.1, 0.15) is 0 Å². The molecule has 84 valence electrons. The van der Waals surface area contributed by atoms with Crippen molar-refractivity contribution < 1.29 is 4.74 Å². The second kappa shape index (κ2) is 3.57. The maximum Gasteiger partial charge on any atom is 0.0966 e. The Hall–Kier alpha value is -1.39. The molecule has 4 heteroatoms. The average Bonchev–Trinajstić information content (AvgIpc) is 2.72. The number of para-hydroxylation sites is 1. The number of rotatable bonds is 3. The summed E-state index contributed by atoms with van der Waals surface area (Å²) in [4.78, 5) is 0. The Morgan fingerprint density at radius 1 is 1.44 bits per heavy atom. The minimum Gasteiger partial charge on any atom is -0.375 e. The van der Waals surface area contributed by atoms with Crippen LogP contribution < -0.4 is 5.32 Å². The van der Waals surface area contributed by atoms with Crippen molar-refractivity contribution in [3.63, 3.8) is 0 Å². The van der Waals surface area contributed by atoms with Crippen molar-refractivity contribution in [3.8, 4) is 0 Å². The second-order valence-electron chi connectivity index (χ2n) is 4.42. The molecular weight excluding hydrogens is 202 g/mol. The van der Waals surface area contributed by atoms with Crippen LogP contribution in [0, 0.1) is 0 Å². The fourth-order valence-corrected chi connectivity index (χ4v) is 2.27. The van der Waals surface area contributed by atoms with Crippen LogP contribution in [0.2, 0.25) is 0 Å². The molecule has 0 atom stereocenters. The first-order chi connectivity index (χ1) is 7.83. The van der Waals surface area contributed by atoms with Crippen LogP contribution in [-0.2, 0) is 11.2 Å². The Morgan fingerprint density at radius 2 is 2.31 bits per heavy atom. The van der Waals surface area contributed by atoms with Crippen molar-refractivity contribution in [2.45, 2.75) is 12.0 Å². The van der Waals surface area contributed by atoms with E-state index in [0.717, 1.165) is 30.4 Å². The predicted molar refractivity (Wildman–Crippen MR) is 62.4 cm³/mol. The number of nitrogens with one attached hydrogen (secondary N) is 2. The standard InChI is InChI=1S/C12H15N3O/c1-16-12(7-13-8-12)5-9-3-2-4-10-6-14-15-11(9)10/h2-4,6,13H,5,7-8H2,1H3,(H,14,15). The van der Waals surface area contributed by atoms with Gasteiger partial charge in [-0.3, -0.25) is 5.10 Å². The molecule has 0 bridgehead atoms. The summed E-state index contributed by atoms with van der Waals surface area (Å²) < 4.78 is 5.61. The van der Waals surface area contributed by atoms with Gasteiger partial charge in [-0.05, 0) is 5.56 Å². The first-order valence-electron chi connectivity index (χ1n) is 5.50. The maximum absolute atomic E-state index is 5.61. The van der Waals surface area contributed by atoms with Crippen molar-refractivity contribution in [1.82, 2.24) is 15.5 Å². The lowest BCUT2D eigenvalue weighted by atomic mass is 9.88. The summed E-state index contributed by atoms with van der Waals surface area (Å²) >= 11 is 0. The van der Waals surface area contributed by atoms with Crippen LogP contribution in [0.4, 0.5) is 0 Å². The molecule has 0 spiro atoms. The van der Waals surface area contributed by atoms with Crippen molar-refractivity contribution in [2.24, 2.45) is 0 Å². The first kappa shape index (κ1) is 9.81. The van der Waals surface area contributed by atoms with Crippen molar-refractivity contribution >= 4 is 10.9 Å². The fraction of sp³-hybridized carbons (Fsp3) is 0.417. The molecule has 1 aromatic carbocycles. The molecule has 0 radical (unpaired) electrons. The highest BCUT2D eigenvalue weighted by atomic mass is 16.5. The van der Waals surface area contributed by atoms with E-state index in [1.54, 1.807) is 7.11 Å². The van der Waals surface area contributed by atoms with Gasteiger partial charge in [-0.1, -0.05) is 18.2 Å². The summed E-state index contributed by atoms with van der Waals surface area (Å²) in [6, 6.07) is 6.28. The quantitative estimate of drug-likeness (QED) is 0.809. The van der Waals surface area contributed by atoms with Crippen LogP contribution in [0.1, 0.15) is 5.56 Å². The highest BCUT2D eigenvalue weighted by Gasteiger charge is 2.37. The SMILES string of the molecule is COC1(Cc2cccc3cn[nH]c23)CNC1. The van der Waals surface area contributed by atoms with E-state index in [1.807, 2.05) is 6.20 Å². The van der Waals surface area contributed by atoms with Crippen molar-refractivity contribution in [2.75, 3.05) is 20.2 Å². The number of hydrogen-bond donors (Lipinski definition) is 2. The molecule has 0 aliphatic carbocycles. The van der Waals surface area contributed by atoms with Crippen molar-refractivity contribution in [1.29, 1.82) is 0 Å². The smallest absolute Gasteiger partial charge is 0.0966 e. The molecular formula is C12H15N3O. The Bertz CT molecular complexity index is 496. The van der Waals surface area contributed by atoms with E-state index in [9.17, 15) is 0 Å². The van der Waals surface area contributed by atoms with Gasteiger partial charge in [0, 0.05) is 32.0 Å². The number of aromatic nitrogens is 2. The fourth-order valence-electron chi connectivity index (χ4n) is 2.27. The molecule has 0 saturated carbocycles. The van der Waals surface area contributed by atoms with Crippen LogP contribution in [0.5, 0.6) is 0 Å². The number of methoxy groups -OCH3 is 1. The summed E-state index contributed by atoms with van der Waals surface area (Å²) in [5.74, 6) is 0. The topological polar surface area (TPSA) is 49.9 Å². The summed E-state index contributed by atoms with van der Waals surface area (Å²) in [5.41, 5.74) is 2.38. The Morgan fingerprint density at radius 3 is 3.00 bits per heavy atom. The lowest BCUT2D eigenvalue weighted by Crippen LogP contribution is -2.61. The molecule has 2 aromatic rings. The van der Waals surface area contributed by atoms with E-state index >= 15 is 0 Å². The normalized spacial score (nSPS) is 18.6. The molecule has 1 saturated heterocycles.